The zero-order valence-electron chi connectivity index (χ0n) is 11.0. The second-order valence-electron chi connectivity index (χ2n) is 4.62. The first-order valence-electron chi connectivity index (χ1n) is 6.23. The van der Waals surface area contributed by atoms with E-state index in [9.17, 15) is 4.39 Å². The number of hydrogen-bond acceptors (Lipinski definition) is 2. The largest absolute Gasteiger partial charge is 0.308 e. The van der Waals surface area contributed by atoms with Gasteiger partial charge in [0.1, 0.15) is 5.82 Å². The number of halogens is 2. The van der Waals surface area contributed by atoms with Crippen molar-refractivity contribution in [3.05, 3.63) is 52.0 Å². The molecule has 1 atom stereocenters. The van der Waals surface area contributed by atoms with E-state index in [1.165, 1.54) is 6.07 Å². The third-order valence-electron chi connectivity index (χ3n) is 2.98. The highest BCUT2D eigenvalue weighted by Gasteiger charge is 2.10. The molecule has 5 heteroatoms. The molecule has 102 valence electrons. The molecular formula is C14H17BrFN3. The van der Waals surface area contributed by atoms with Crippen molar-refractivity contribution < 1.29 is 4.39 Å². The minimum atomic E-state index is -0.190. The van der Waals surface area contributed by atoms with Crippen LogP contribution >= 0.6 is 15.9 Å². The van der Waals surface area contributed by atoms with Gasteiger partial charge in [-0.3, -0.25) is 4.68 Å². The molecular weight excluding hydrogens is 309 g/mol. The predicted molar refractivity (Wildman–Crippen MR) is 77.5 cm³/mol. The Hall–Kier alpha value is -1.20. The molecule has 0 radical (unpaired) electrons. The number of nitrogens with one attached hydrogen (secondary N) is 1. The standard InChI is InChI=1S/C14H17BrFN3/c1-10-8-18-19(9-10)6-5-17-11(2)13-4-3-12(15)7-14(13)16/h3-4,7-9,11,17H,5-6H2,1-2H3. The van der Waals surface area contributed by atoms with Crippen LogP contribution in [0.15, 0.2) is 35.1 Å². The highest BCUT2D eigenvalue weighted by Crippen LogP contribution is 2.20. The minimum absolute atomic E-state index is 0.0234. The van der Waals surface area contributed by atoms with Gasteiger partial charge in [-0.15, -0.1) is 0 Å². The van der Waals surface area contributed by atoms with Crippen molar-refractivity contribution in [2.75, 3.05) is 6.54 Å². The van der Waals surface area contributed by atoms with Crippen LogP contribution in [0.1, 0.15) is 24.1 Å². The first kappa shape index (κ1) is 14.2. The van der Waals surface area contributed by atoms with Gasteiger partial charge in [-0.25, -0.2) is 4.39 Å². The van der Waals surface area contributed by atoms with Crippen molar-refractivity contribution in [2.24, 2.45) is 0 Å². The van der Waals surface area contributed by atoms with Crippen molar-refractivity contribution in [3.8, 4) is 0 Å². The van der Waals surface area contributed by atoms with Gasteiger partial charge in [0.15, 0.2) is 0 Å². The van der Waals surface area contributed by atoms with Gasteiger partial charge in [0.25, 0.3) is 0 Å². The molecule has 0 aliphatic heterocycles. The fourth-order valence-electron chi connectivity index (χ4n) is 1.95. The highest BCUT2D eigenvalue weighted by atomic mass is 79.9. The number of benzene rings is 1. The number of nitrogens with zero attached hydrogens (tertiary/aromatic N) is 2. The molecule has 0 amide bonds. The van der Waals surface area contributed by atoms with Crippen LogP contribution in [0.2, 0.25) is 0 Å². The summed E-state index contributed by atoms with van der Waals surface area (Å²) in [5, 5.41) is 7.51. The average molecular weight is 326 g/mol. The van der Waals surface area contributed by atoms with Crippen molar-refractivity contribution in [1.82, 2.24) is 15.1 Å². The second kappa shape index (κ2) is 6.30. The van der Waals surface area contributed by atoms with E-state index in [4.69, 9.17) is 0 Å². The number of aromatic nitrogens is 2. The Kier molecular flexibility index (Phi) is 4.71. The fourth-order valence-corrected chi connectivity index (χ4v) is 2.28. The van der Waals surface area contributed by atoms with Gasteiger partial charge in [0, 0.05) is 28.8 Å². The predicted octanol–water partition coefficient (Wildman–Crippen LogP) is 3.44. The van der Waals surface area contributed by atoms with Crippen molar-refractivity contribution in [3.63, 3.8) is 0 Å². The van der Waals surface area contributed by atoms with Crippen LogP contribution in [-0.4, -0.2) is 16.3 Å². The molecule has 0 bridgehead atoms. The maximum atomic E-state index is 13.8. The summed E-state index contributed by atoms with van der Waals surface area (Å²) in [4.78, 5) is 0. The van der Waals surface area contributed by atoms with Crippen LogP contribution in [0.5, 0.6) is 0 Å². The van der Waals surface area contributed by atoms with Gasteiger partial charge in [0.2, 0.25) is 0 Å². The van der Waals surface area contributed by atoms with E-state index in [1.807, 2.05) is 37.0 Å². The lowest BCUT2D eigenvalue weighted by Crippen LogP contribution is -2.24. The molecule has 19 heavy (non-hydrogen) atoms. The Bertz CT molecular complexity index is 553. The van der Waals surface area contributed by atoms with E-state index in [-0.39, 0.29) is 11.9 Å². The Morgan fingerprint density at radius 3 is 2.89 bits per heavy atom. The van der Waals surface area contributed by atoms with Gasteiger partial charge in [-0.05, 0) is 31.5 Å². The summed E-state index contributed by atoms with van der Waals surface area (Å²) in [6, 6.07) is 5.12. The van der Waals surface area contributed by atoms with Crippen LogP contribution < -0.4 is 5.32 Å². The van der Waals surface area contributed by atoms with E-state index in [2.05, 4.69) is 26.3 Å². The molecule has 1 aromatic carbocycles. The van der Waals surface area contributed by atoms with E-state index >= 15 is 0 Å². The van der Waals surface area contributed by atoms with E-state index in [1.54, 1.807) is 6.07 Å². The average Bonchev–Trinajstić information content (AvgIpc) is 2.75. The minimum Gasteiger partial charge on any atom is -0.308 e. The number of aryl methyl sites for hydroxylation is 1. The Morgan fingerprint density at radius 2 is 2.26 bits per heavy atom. The van der Waals surface area contributed by atoms with Crippen LogP contribution in [0.4, 0.5) is 4.39 Å². The Labute approximate surface area is 121 Å². The van der Waals surface area contributed by atoms with Crippen LogP contribution in [0.25, 0.3) is 0 Å². The van der Waals surface area contributed by atoms with Gasteiger partial charge in [0.05, 0.1) is 12.7 Å². The molecule has 0 saturated heterocycles. The summed E-state index contributed by atoms with van der Waals surface area (Å²) >= 11 is 3.26. The van der Waals surface area contributed by atoms with Crippen LogP contribution in [-0.2, 0) is 6.54 Å². The third-order valence-corrected chi connectivity index (χ3v) is 3.48. The lowest BCUT2D eigenvalue weighted by atomic mass is 10.1. The van der Waals surface area contributed by atoms with Gasteiger partial charge >= 0.3 is 0 Å². The SMILES string of the molecule is Cc1cnn(CCNC(C)c2ccc(Br)cc2F)c1. The molecule has 0 aliphatic carbocycles. The first-order valence-corrected chi connectivity index (χ1v) is 7.03. The first-order chi connectivity index (χ1) is 9.06. The highest BCUT2D eigenvalue weighted by molar-refractivity contribution is 9.10. The molecule has 0 aliphatic rings. The van der Waals surface area contributed by atoms with Crippen molar-refractivity contribution in [2.45, 2.75) is 26.4 Å². The summed E-state index contributed by atoms with van der Waals surface area (Å²) < 4.78 is 16.4. The van der Waals surface area contributed by atoms with Crippen LogP contribution in [0, 0.1) is 12.7 Å². The lowest BCUT2D eigenvalue weighted by Gasteiger charge is -2.15. The topological polar surface area (TPSA) is 29.9 Å². The van der Waals surface area contributed by atoms with E-state index in [0.717, 1.165) is 23.1 Å². The van der Waals surface area contributed by atoms with E-state index < -0.39 is 0 Å². The quantitative estimate of drug-likeness (QED) is 0.912. The monoisotopic (exact) mass is 325 g/mol. The normalized spacial score (nSPS) is 12.6. The molecule has 0 fully saturated rings. The summed E-state index contributed by atoms with van der Waals surface area (Å²) in [5.74, 6) is -0.190. The third kappa shape index (κ3) is 3.88. The molecule has 3 nitrogen and oxygen atoms in total. The summed E-state index contributed by atoms with van der Waals surface area (Å²) in [6.07, 6.45) is 3.82. The Morgan fingerprint density at radius 1 is 1.47 bits per heavy atom. The maximum absolute atomic E-state index is 13.8. The fraction of sp³-hybridized carbons (Fsp3) is 0.357. The zero-order valence-corrected chi connectivity index (χ0v) is 12.6. The molecule has 1 aromatic heterocycles. The molecule has 0 spiro atoms. The second-order valence-corrected chi connectivity index (χ2v) is 5.54. The number of hydrogen-bond donors (Lipinski definition) is 1. The smallest absolute Gasteiger partial charge is 0.129 e. The number of rotatable bonds is 5. The van der Waals surface area contributed by atoms with E-state index in [0.29, 0.717) is 5.56 Å². The Balaban J connectivity index is 1.88. The molecule has 1 heterocycles. The molecule has 1 unspecified atom stereocenters. The summed E-state index contributed by atoms with van der Waals surface area (Å²) in [7, 11) is 0. The molecule has 2 rings (SSSR count). The van der Waals surface area contributed by atoms with Crippen molar-refractivity contribution in [1.29, 1.82) is 0 Å². The van der Waals surface area contributed by atoms with Gasteiger partial charge in [-0.1, -0.05) is 22.0 Å². The maximum Gasteiger partial charge on any atom is 0.129 e. The molecule has 2 aromatic rings. The van der Waals surface area contributed by atoms with Gasteiger partial charge < -0.3 is 5.32 Å². The van der Waals surface area contributed by atoms with Gasteiger partial charge in [-0.2, -0.15) is 5.10 Å². The molecule has 1 N–H and O–H groups in total. The summed E-state index contributed by atoms with van der Waals surface area (Å²) in [6.45, 7) is 5.49. The lowest BCUT2D eigenvalue weighted by molar-refractivity contribution is 0.489. The summed E-state index contributed by atoms with van der Waals surface area (Å²) in [5.41, 5.74) is 1.83. The molecule has 0 saturated carbocycles. The zero-order chi connectivity index (χ0) is 13.8. The van der Waals surface area contributed by atoms with Crippen LogP contribution in [0.3, 0.4) is 0 Å². The van der Waals surface area contributed by atoms with Crippen molar-refractivity contribution >= 4 is 15.9 Å².